The van der Waals surface area contributed by atoms with Crippen molar-refractivity contribution in [3.05, 3.63) is 50.4 Å². The van der Waals surface area contributed by atoms with Crippen molar-refractivity contribution < 1.29 is 19.2 Å². The molecule has 14 heteroatoms. The van der Waals surface area contributed by atoms with Gasteiger partial charge in [0.05, 0.1) is 11.4 Å². The number of likely N-dealkylation sites (tertiary alicyclic amines) is 1. The van der Waals surface area contributed by atoms with Crippen molar-refractivity contribution >= 4 is 46.5 Å². The summed E-state index contributed by atoms with van der Waals surface area (Å²) in [5.41, 5.74) is 7.13. The van der Waals surface area contributed by atoms with Gasteiger partial charge in [-0.1, -0.05) is 10.6 Å². The first-order chi connectivity index (χ1) is 17.6. The van der Waals surface area contributed by atoms with Gasteiger partial charge in [-0.05, 0) is 55.7 Å². The molecule has 3 aromatic rings. The maximum absolute atomic E-state index is 13.5. The van der Waals surface area contributed by atoms with Crippen LogP contribution >= 0.6 is 22.9 Å². The summed E-state index contributed by atoms with van der Waals surface area (Å²) < 4.78 is 5.28. The Morgan fingerprint density at radius 1 is 1.27 bits per heavy atom. The van der Waals surface area contributed by atoms with Crippen LogP contribution in [0.3, 0.4) is 0 Å². The van der Waals surface area contributed by atoms with Gasteiger partial charge in [-0.3, -0.25) is 23.9 Å². The zero-order valence-corrected chi connectivity index (χ0v) is 22.3. The van der Waals surface area contributed by atoms with Gasteiger partial charge < -0.3 is 21.3 Å². The number of aryl methyl sites for hydroxylation is 3. The van der Waals surface area contributed by atoms with E-state index in [0.717, 1.165) is 16.4 Å². The minimum atomic E-state index is -0.942. The average molecular weight is 545 g/mol. The molecular formula is C23H28N8O4S2. The van der Waals surface area contributed by atoms with Crippen LogP contribution in [0, 0.1) is 13.8 Å². The minimum Gasteiger partial charge on any atom is -0.368 e. The molecule has 4 rings (SSSR count). The molecule has 4 amide bonds. The van der Waals surface area contributed by atoms with E-state index in [0.29, 0.717) is 28.4 Å². The molecular weight excluding hydrogens is 516 g/mol. The third kappa shape index (κ3) is 6.02. The number of carbonyl (C=O) groups excluding carboxylic acids is 4. The predicted molar refractivity (Wildman–Crippen MR) is 137 cm³/mol. The van der Waals surface area contributed by atoms with E-state index in [1.807, 2.05) is 17.5 Å². The summed E-state index contributed by atoms with van der Waals surface area (Å²) in [6.45, 7) is 3.70. The minimum absolute atomic E-state index is 0.163. The molecule has 1 aliphatic heterocycles. The van der Waals surface area contributed by atoms with E-state index in [1.165, 1.54) is 20.9 Å². The molecule has 0 saturated carbocycles. The summed E-state index contributed by atoms with van der Waals surface area (Å²) in [5.74, 6) is -1.87. The Morgan fingerprint density at radius 3 is 2.65 bits per heavy atom. The molecule has 0 radical (unpaired) electrons. The summed E-state index contributed by atoms with van der Waals surface area (Å²) in [6.07, 6.45) is 0.853. The van der Waals surface area contributed by atoms with Crippen molar-refractivity contribution in [2.45, 2.75) is 51.2 Å². The topological polar surface area (TPSA) is 165 Å². The van der Waals surface area contributed by atoms with Gasteiger partial charge in [0.1, 0.15) is 22.7 Å². The van der Waals surface area contributed by atoms with Crippen LogP contribution in [0.2, 0.25) is 0 Å². The van der Waals surface area contributed by atoms with Crippen molar-refractivity contribution in [3.8, 4) is 0 Å². The highest BCUT2D eigenvalue weighted by Gasteiger charge is 2.39. The van der Waals surface area contributed by atoms with Crippen molar-refractivity contribution in [2.24, 2.45) is 12.8 Å². The maximum Gasteiger partial charge on any atom is 0.272 e. The smallest absolute Gasteiger partial charge is 0.272 e. The molecule has 1 fully saturated rings. The van der Waals surface area contributed by atoms with Crippen molar-refractivity contribution in [3.63, 3.8) is 0 Å². The van der Waals surface area contributed by atoms with Crippen LogP contribution in [0.4, 0.5) is 0 Å². The summed E-state index contributed by atoms with van der Waals surface area (Å²) in [4.78, 5) is 54.7. The second-order valence-corrected chi connectivity index (χ2v) is 10.7. The van der Waals surface area contributed by atoms with E-state index < -0.39 is 23.9 Å². The average Bonchev–Trinajstić information content (AvgIpc) is 3.59. The fraction of sp³-hybridized carbons (Fsp3) is 0.435. The molecule has 1 aliphatic rings. The van der Waals surface area contributed by atoms with Crippen LogP contribution in [0.25, 0.3) is 0 Å². The number of nitrogens with one attached hydrogen (secondary N) is 2. The molecule has 196 valence electrons. The zero-order valence-electron chi connectivity index (χ0n) is 20.6. The van der Waals surface area contributed by atoms with Crippen LogP contribution in [0.5, 0.6) is 0 Å². The van der Waals surface area contributed by atoms with Crippen molar-refractivity contribution in [2.75, 3.05) is 6.54 Å². The quantitative estimate of drug-likeness (QED) is 0.373. The Bertz CT molecular complexity index is 1300. The Labute approximate surface area is 221 Å². The van der Waals surface area contributed by atoms with Gasteiger partial charge in [-0.25, -0.2) is 0 Å². The van der Waals surface area contributed by atoms with Gasteiger partial charge in [0, 0.05) is 30.9 Å². The zero-order chi connectivity index (χ0) is 26.7. The number of nitrogens with zero attached hydrogens (tertiary/aromatic N) is 5. The number of nitrogens with two attached hydrogens (primary N) is 1. The van der Waals surface area contributed by atoms with Gasteiger partial charge >= 0.3 is 0 Å². The van der Waals surface area contributed by atoms with Crippen LogP contribution < -0.4 is 16.4 Å². The number of aromatic nitrogens is 4. The molecule has 1 saturated heterocycles. The van der Waals surface area contributed by atoms with Gasteiger partial charge in [-0.2, -0.15) is 5.10 Å². The number of carbonyl (C=O) groups is 4. The Morgan fingerprint density at radius 2 is 2.05 bits per heavy atom. The summed E-state index contributed by atoms with van der Waals surface area (Å²) in [5, 5.41) is 15.7. The van der Waals surface area contributed by atoms with Crippen LogP contribution in [0.15, 0.2) is 23.6 Å². The maximum atomic E-state index is 13.5. The first-order valence-corrected chi connectivity index (χ1v) is 13.3. The summed E-state index contributed by atoms with van der Waals surface area (Å²) >= 11 is 2.45. The second-order valence-electron chi connectivity index (χ2n) is 8.94. The number of piperidine rings is 1. The molecule has 3 unspecified atom stereocenters. The first kappa shape index (κ1) is 26.4. The molecule has 0 aromatic carbocycles. The lowest BCUT2D eigenvalue weighted by atomic mass is 9.95. The summed E-state index contributed by atoms with van der Waals surface area (Å²) in [7, 11) is 1.66. The second kappa shape index (κ2) is 11.2. The van der Waals surface area contributed by atoms with Gasteiger partial charge in [0.25, 0.3) is 11.8 Å². The largest absolute Gasteiger partial charge is 0.368 e. The molecule has 0 spiro atoms. The normalized spacial score (nSPS) is 18.3. The van der Waals surface area contributed by atoms with E-state index in [2.05, 4.69) is 25.3 Å². The van der Waals surface area contributed by atoms with Crippen LogP contribution in [-0.4, -0.2) is 72.6 Å². The van der Waals surface area contributed by atoms with Crippen molar-refractivity contribution in [1.82, 2.24) is 34.9 Å². The number of primary amides is 1. The summed E-state index contributed by atoms with van der Waals surface area (Å²) in [6, 6.07) is 3.11. The van der Waals surface area contributed by atoms with Crippen molar-refractivity contribution in [1.29, 1.82) is 0 Å². The molecule has 0 aliphatic carbocycles. The molecule has 12 nitrogen and oxygen atoms in total. The number of hydrogen-bond acceptors (Lipinski definition) is 9. The highest BCUT2D eigenvalue weighted by Crippen LogP contribution is 2.23. The third-order valence-electron chi connectivity index (χ3n) is 6.23. The van der Waals surface area contributed by atoms with Gasteiger partial charge in [0.15, 0.2) is 0 Å². The van der Waals surface area contributed by atoms with Gasteiger partial charge in [-0.15, -0.1) is 16.4 Å². The number of rotatable bonds is 8. The lowest BCUT2D eigenvalue weighted by molar-refractivity contribution is -0.131. The molecule has 0 bridgehead atoms. The Kier molecular flexibility index (Phi) is 7.97. The first-order valence-electron chi connectivity index (χ1n) is 11.7. The fourth-order valence-corrected chi connectivity index (χ4v) is 5.67. The molecule has 3 aromatic heterocycles. The van der Waals surface area contributed by atoms with Gasteiger partial charge in [0.2, 0.25) is 11.8 Å². The standard InChI is InChI=1S/C23H28N8O4S2/c1-12-9-18(30(3)28-12)23(35)31-7-6-14(25-22(34)19-13(2)27-29-37-19)10-17(31)21(33)26-16(20(24)32)11-15-5-4-8-36-15/h4-5,8-9,14,16-17H,6-7,10-11H2,1-3H3,(H2,24,32)(H,25,34)(H,26,33). The molecule has 37 heavy (non-hydrogen) atoms. The molecule has 4 heterocycles. The lowest BCUT2D eigenvalue weighted by Crippen LogP contribution is -2.60. The molecule has 3 atom stereocenters. The van der Waals surface area contributed by atoms with E-state index in [4.69, 9.17) is 5.73 Å². The van der Waals surface area contributed by atoms with E-state index in [-0.39, 0.29) is 37.2 Å². The van der Waals surface area contributed by atoms with E-state index in [1.54, 1.807) is 27.0 Å². The van der Waals surface area contributed by atoms with Crippen LogP contribution in [0.1, 0.15) is 49.3 Å². The fourth-order valence-electron chi connectivity index (χ4n) is 4.36. The van der Waals surface area contributed by atoms with E-state index >= 15 is 0 Å². The lowest BCUT2D eigenvalue weighted by Gasteiger charge is -2.39. The predicted octanol–water partition coefficient (Wildman–Crippen LogP) is 0.566. The Hall–Kier alpha value is -3.65. The van der Waals surface area contributed by atoms with Crippen LogP contribution in [-0.2, 0) is 23.1 Å². The highest BCUT2D eigenvalue weighted by molar-refractivity contribution is 7.09. The van der Waals surface area contributed by atoms with E-state index in [9.17, 15) is 19.2 Å². The number of thiophene rings is 1. The third-order valence-corrected chi connectivity index (χ3v) is 7.95. The molecule has 4 N–H and O–H groups in total. The monoisotopic (exact) mass is 544 g/mol. The highest BCUT2D eigenvalue weighted by atomic mass is 32.1. The Balaban J connectivity index is 1.55. The SMILES string of the molecule is Cc1cc(C(=O)N2CCC(NC(=O)c3snnc3C)CC2C(=O)NC(Cc2cccs2)C(N)=O)n(C)n1. The number of amides is 4. The number of hydrogen-bond donors (Lipinski definition) is 3.